The van der Waals surface area contributed by atoms with E-state index in [1.165, 1.54) is 14.1 Å². The summed E-state index contributed by atoms with van der Waals surface area (Å²) >= 11 is 0. The van der Waals surface area contributed by atoms with Gasteiger partial charge in [-0.25, -0.2) is 4.79 Å². The number of hydrogen-bond acceptors (Lipinski definition) is 2. The summed E-state index contributed by atoms with van der Waals surface area (Å²) < 4.78 is 0. The van der Waals surface area contributed by atoms with Gasteiger partial charge >= 0.3 is 6.09 Å². The molecule has 0 spiro atoms. The second-order valence-corrected chi connectivity index (χ2v) is 0.555. The fourth-order valence-corrected chi connectivity index (χ4v) is 0. The average Bonchev–Trinajstić information content (AvgIpc) is 1.73. The van der Waals surface area contributed by atoms with Crippen molar-refractivity contribution in [2.24, 2.45) is 5.73 Å². The number of carboxylic acid groups (broad SMARTS) is 1. The first-order valence-corrected chi connectivity index (χ1v) is 1.76. The Morgan fingerprint density at radius 1 is 1.71 bits per heavy atom. The molecule has 44 valence electrons. The van der Waals surface area contributed by atoms with E-state index in [1.54, 1.807) is 0 Å². The minimum atomic E-state index is -0.995. The molecule has 0 aromatic carbocycles. The van der Waals surface area contributed by atoms with Gasteiger partial charge in [0.1, 0.15) is 0 Å². The van der Waals surface area contributed by atoms with E-state index in [4.69, 9.17) is 5.11 Å². The number of rotatable bonds is 0. The Bertz CT molecular complexity index is 46.2. The standard InChI is InChI=1S/C2H5NO2.CH5N/c1-3-2(4)5;1-2/h3H,1H3,(H,4,5);2H2,1H3. The molecule has 0 aliphatic carbocycles. The molecule has 0 rings (SSSR count). The van der Waals surface area contributed by atoms with Crippen LogP contribution in [0.5, 0.6) is 0 Å². The summed E-state index contributed by atoms with van der Waals surface area (Å²) in [6.45, 7) is 0. The topological polar surface area (TPSA) is 75.3 Å². The van der Waals surface area contributed by atoms with Gasteiger partial charge in [0.25, 0.3) is 0 Å². The lowest BCUT2D eigenvalue weighted by atomic mass is 11.1. The molecule has 4 heteroatoms. The molecule has 4 N–H and O–H groups in total. The maximum Gasteiger partial charge on any atom is 0.404 e. The van der Waals surface area contributed by atoms with E-state index in [1.807, 2.05) is 5.32 Å². The molecule has 0 radical (unpaired) electrons. The van der Waals surface area contributed by atoms with E-state index in [0.717, 1.165) is 0 Å². The van der Waals surface area contributed by atoms with Crippen LogP contribution in [0.1, 0.15) is 0 Å². The second kappa shape index (κ2) is 8.97. The van der Waals surface area contributed by atoms with Crippen LogP contribution in [0, 0.1) is 0 Å². The van der Waals surface area contributed by atoms with Crippen molar-refractivity contribution in [1.29, 1.82) is 0 Å². The van der Waals surface area contributed by atoms with Crippen molar-refractivity contribution < 1.29 is 9.90 Å². The minimum Gasteiger partial charge on any atom is -0.465 e. The molecule has 0 bridgehead atoms. The summed E-state index contributed by atoms with van der Waals surface area (Å²) in [6, 6.07) is 0. The van der Waals surface area contributed by atoms with Crippen LogP contribution in [0.2, 0.25) is 0 Å². The first-order chi connectivity index (χ1) is 3.27. The zero-order valence-electron chi connectivity index (χ0n) is 4.43. The van der Waals surface area contributed by atoms with E-state index in [2.05, 4.69) is 5.73 Å². The zero-order valence-corrected chi connectivity index (χ0v) is 4.43. The summed E-state index contributed by atoms with van der Waals surface area (Å²) in [5.41, 5.74) is 4.50. The molecule has 0 heterocycles. The molecule has 0 atom stereocenters. The quantitative estimate of drug-likeness (QED) is 0.388. The van der Waals surface area contributed by atoms with Crippen molar-refractivity contribution in [3.63, 3.8) is 0 Å². The molecule has 0 aromatic rings. The van der Waals surface area contributed by atoms with Crippen molar-refractivity contribution in [1.82, 2.24) is 5.32 Å². The molecule has 0 aliphatic rings. The van der Waals surface area contributed by atoms with Crippen LogP contribution in [0.25, 0.3) is 0 Å². The van der Waals surface area contributed by atoms with Gasteiger partial charge in [0.05, 0.1) is 0 Å². The molecule has 0 unspecified atom stereocenters. The molecule has 0 fully saturated rings. The maximum absolute atomic E-state index is 9.26. The Morgan fingerprint density at radius 2 is 1.86 bits per heavy atom. The molecule has 4 nitrogen and oxygen atoms in total. The van der Waals surface area contributed by atoms with Crippen molar-refractivity contribution in [2.45, 2.75) is 0 Å². The third-order valence-electron chi connectivity index (χ3n) is 0.214. The van der Waals surface area contributed by atoms with Gasteiger partial charge < -0.3 is 16.2 Å². The molecule has 7 heavy (non-hydrogen) atoms. The van der Waals surface area contributed by atoms with E-state index in [9.17, 15) is 4.79 Å². The third-order valence-corrected chi connectivity index (χ3v) is 0.214. The Kier molecular flexibility index (Phi) is 12.2. The van der Waals surface area contributed by atoms with Crippen LogP contribution < -0.4 is 11.1 Å². The number of nitrogens with two attached hydrogens (primary N) is 1. The van der Waals surface area contributed by atoms with Gasteiger partial charge in [0.2, 0.25) is 0 Å². The van der Waals surface area contributed by atoms with E-state index >= 15 is 0 Å². The summed E-state index contributed by atoms with van der Waals surface area (Å²) in [5, 5.41) is 9.56. The van der Waals surface area contributed by atoms with Crippen molar-refractivity contribution in [3.05, 3.63) is 0 Å². The minimum absolute atomic E-state index is 0.995. The fourth-order valence-electron chi connectivity index (χ4n) is 0. The molecule has 1 amide bonds. The highest BCUT2D eigenvalue weighted by Crippen LogP contribution is 1.45. The molecule has 0 aliphatic heterocycles. The van der Waals surface area contributed by atoms with Crippen LogP contribution in [0.3, 0.4) is 0 Å². The lowest BCUT2D eigenvalue weighted by Gasteiger charge is -1.78. The first kappa shape index (κ1) is 9.52. The zero-order chi connectivity index (χ0) is 6.28. The SMILES string of the molecule is CN.CNC(=O)O. The Labute approximate surface area is 42.3 Å². The van der Waals surface area contributed by atoms with Crippen LogP contribution in [0.15, 0.2) is 0 Å². The number of hydrogen-bond donors (Lipinski definition) is 3. The Balaban J connectivity index is 0. The van der Waals surface area contributed by atoms with Gasteiger partial charge in [-0.05, 0) is 7.05 Å². The molecular formula is C3H10N2O2. The smallest absolute Gasteiger partial charge is 0.404 e. The van der Waals surface area contributed by atoms with Gasteiger partial charge in [-0.1, -0.05) is 0 Å². The molecular weight excluding hydrogens is 96.0 g/mol. The van der Waals surface area contributed by atoms with Crippen molar-refractivity contribution in [3.8, 4) is 0 Å². The largest absolute Gasteiger partial charge is 0.465 e. The Morgan fingerprint density at radius 3 is 1.86 bits per heavy atom. The van der Waals surface area contributed by atoms with E-state index in [0.29, 0.717) is 0 Å². The lowest BCUT2D eigenvalue weighted by molar-refractivity contribution is 0.197. The van der Waals surface area contributed by atoms with Crippen LogP contribution in [-0.2, 0) is 0 Å². The fraction of sp³-hybridized carbons (Fsp3) is 0.667. The predicted molar refractivity (Wildman–Crippen MR) is 27.2 cm³/mol. The monoisotopic (exact) mass is 106 g/mol. The molecule has 0 saturated heterocycles. The first-order valence-electron chi connectivity index (χ1n) is 1.76. The summed E-state index contributed by atoms with van der Waals surface area (Å²) in [6.07, 6.45) is -0.995. The third kappa shape index (κ3) is 36.1. The maximum atomic E-state index is 9.26. The van der Waals surface area contributed by atoms with Crippen molar-refractivity contribution in [2.75, 3.05) is 14.1 Å². The second-order valence-electron chi connectivity index (χ2n) is 0.555. The normalized spacial score (nSPS) is 5.57. The Hall–Kier alpha value is -0.770. The van der Waals surface area contributed by atoms with Gasteiger partial charge in [0, 0.05) is 7.05 Å². The highest BCUT2D eigenvalue weighted by Gasteiger charge is 1.76. The van der Waals surface area contributed by atoms with Crippen LogP contribution >= 0.6 is 0 Å². The highest BCUT2D eigenvalue weighted by molar-refractivity contribution is 5.63. The van der Waals surface area contributed by atoms with E-state index < -0.39 is 6.09 Å². The van der Waals surface area contributed by atoms with Crippen LogP contribution in [-0.4, -0.2) is 25.3 Å². The summed E-state index contributed by atoms with van der Waals surface area (Å²) in [7, 11) is 2.85. The lowest BCUT2D eigenvalue weighted by Crippen LogP contribution is -2.13. The average molecular weight is 106 g/mol. The van der Waals surface area contributed by atoms with Gasteiger partial charge in [-0.15, -0.1) is 0 Å². The molecule has 0 saturated carbocycles. The van der Waals surface area contributed by atoms with E-state index in [-0.39, 0.29) is 0 Å². The van der Waals surface area contributed by atoms with Gasteiger partial charge in [-0.2, -0.15) is 0 Å². The predicted octanol–water partition coefficient (Wildman–Crippen LogP) is -0.541. The summed E-state index contributed by atoms with van der Waals surface area (Å²) in [5.74, 6) is 0. The molecule has 0 aromatic heterocycles. The highest BCUT2D eigenvalue weighted by atomic mass is 16.4. The van der Waals surface area contributed by atoms with Crippen LogP contribution in [0.4, 0.5) is 4.79 Å². The van der Waals surface area contributed by atoms with Gasteiger partial charge in [0.15, 0.2) is 0 Å². The summed E-state index contributed by atoms with van der Waals surface area (Å²) in [4.78, 5) is 9.26. The number of carbonyl (C=O) groups is 1. The van der Waals surface area contributed by atoms with Crippen molar-refractivity contribution >= 4 is 6.09 Å². The number of nitrogens with one attached hydrogen (secondary N) is 1. The number of amides is 1. The van der Waals surface area contributed by atoms with Gasteiger partial charge in [-0.3, -0.25) is 0 Å².